The summed E-state index contributed by atoms with van der Waals surface area (Å²) >= 11 is 6.18. The van der Waals surface area contributed by atoms with E-state index >= 15 is 0 Å². The number of nitrogens with one attached hydrogen (secondary N) is 2. The number of benzene rings is 2. The molecule has 0 saturated carbocycles. The Morgan fingerprint density at radius 1 is 1.19 bits per heavy atom. The summed E-state index contributed by atoms with van der Waals surface area (Å²) in [6.45, 7) is 4.80. The van der Waals surface area contributed by atoms with Gasteiger partial charge in [0, 0.05) is 55.0 Å². The van der Waals surface area contributed by atoms with Crippen molar-refractivity contribution >= 4 is 41.1 Å². The molecule has 1 unspecified atom stereocenters. The Morgan fingerprint density at radius 3 is 2.72 bits per heavy atom. The zero-order chi connectivity index (χ0) is 30.6. The Labute approximate surface area is 253 Å². The Balaban J connectivity index is 1.41. The number of carboxylic acid groups (broad SMARTS) is 1. The lowest BCUT2D eigenvalue weighted by atomic mass is 10.1. The fourth-order valence-electron chi connectivity index (χ4n) is 4.55. The quantitative estimate of drug-likeness (QED) is 0.172. The number of anilines is 1. The maximum Gasteiger partial charge on any atom is 0.335 e. The van der Waals surface area contributed by atoms with Crippen LogP contribution in [0.25, 0.3) is 11.8 Å². The van der Waals surface area contributed by atoms with Gasteiger partial charge in [0.1, 0.15) is 6.33 Å². The van der Waals surface area contributed by atoms with Crippen molar-refractivity contribution in [1.29, 1.82) is 0 Å². The van der Waals surface area contributed by atoms with E-state index in [4.69, 9.17) is 26.2 Å². The van der Waals surface area contributed by atoms with Gasteiger partial charge in [-0.05, 0) is 72.3 Å². The summed E-state index contributed by atoms with van der Waals surface area (Å²) in [7, 11) is 0. The molecule has 0 bridgehead atoms. The molecule has 3 N–H and O–H groups in total. The normalized spacial score (nSPS) is 15.5. The number of hydrogen-bond acceptors (Lipinski definition) is 9. The Morgan fingerprint density at radius 2 is 2.00 bits per heavy atom. The number of amides is 2. The molecule has 1 saturated heterocycles. The average molecular weight is 612 g/mol. The number of hydrogen-bond donors (Lipinski definition) is 3. The lowest BCUT2D eigenvalue weighted by Gasteiger charge is -2.23. The molecule has 0 aliphatic carbocycles. The Hall–Kier alpha value is -4.33. The van der Waals surface area contributed by atoms with Crippen LogP contribution in [0, 0.1) is 0 Å². The van der Waals surface area contributed by atoms with Gasteiger partial charge in [0.15, 0.2) is 0 Å². The summed E-state index contributed by atoms with van der Waals surface area (Å²) < 4.78 is 12.6. The van der Waals surface area contributed by atoms with Crippen LogP contribution in [0.4, 0.5) is 5.69 Å². The summed E-state index contributed by atoms with van der Waals surface area (Å²) in [6.07, 6.45) is 5.12. The summed E-state index contributed by atoms with van der Waals surface area (Å²) in [5, 5.41) is 26.9. The summed E-state index contributed by atoms with van der Waals surface area (Å²) in [4.78, 5) is 39.2. The predicted molar refractivity (Wildman–Crippen MR) is 159 cm³/mol. The first-order valence-electron chi connectivity index (χ1n) is 13.9. The molecule has 3 aromatic rings. The van der Waals surface area contributed by atoms with Gasteiger partial charge >= 0.3 is 5.97 Å². The van der Waals surface area contributed by atoms with Gasteiger partial charge in [0.25, 0.3) is 0 Å². The van der Waals surface area contributed by atoms with Crippen molar-refractivity contribution in [3.63, 3.8) is 0 Å². The molecule has 4 rings (SSSR count). The van der Waals surface area contributed by atoms with E-state index in [0.29, 0.717) is 54.9 Å². The molecule has 14 heteroatoms. The lowest BCUT2D eigenvalue weighted by Crippen LogP contribution is -2.43. The van der Waals surface area contributed by atoms with Gasteiger partial charge in [-0.2, -0.15) is 4.68 Å². The summed E-state index contributed by atoms with van der Waals surface area (Å²) in [5.74, 6) is -1.55. The topological polar surface area (TPSA) is 161 Å². The van der Waals surface area contributed by atoms with Gasteiger partial charge in [-0.3, -0.25) is 9.59 Å². The van der Waals surface area contributed by atoms with Crippen molar-refractivity contribution in [2.45, 2.75) is 31.9 Å². The molecule has 13 nitrogen and oxygen atoms in total. The molecular weight excluding hydrogens is 578 g/mol. The molecule has 228 valence electrons. The van der Waals surface area contributed by atoms with Crippen LogP contribution in [0.2, 0.25) is 5.02 Å². The predicted octanol–water partition coefficient (Wildman–Crippen LogP) is 2.67. The monoisotopic (exact) mass is 611 g/mol. The van der Waals surface area contributed by atoms with Crippen molar-refractivity contribution in [3.05, 3.63) is 71.0 Å². The van der Waals surface area contributed by atoms with E-state index in [1.807, 2.05) is 6.92 Å². The van der Waals surface area contributed by atoms with Gasteiger partial charge in [0.05, 0.1) is 36.6 Å². The minimum absolute atomic E-state index is 0.0541. The van der Waals surface area contributed by atoms with E-state index in [-0.39, 0.29) is 30.5 Å². The Bertz CT molecular complexity index is 1400. The third-order valence-corrected chi connectivity index (χ3v) is 6.97. The van der Waals surface area contributed by atoms with Gasteiger partial charge in [0.2, 0.25) is 11.8 Å². The molecule has 2 atom stereocenters. The summed E-state index contributed by atoms with van der Waals surface area (Å²) in [6, 6.07) is 10.8. The molecule has 2 amide bonds. The lowest BCUT2D eigenvalue weighted by molar-refractivity contribution is -0.131. The largest absolute Gasteiger partial charge is 0.478 e. The molecule has 1 aliphatic heterocycles. The molecule has 2 aromatic carbocycles. The molecule has 43 heavy (non-hydrogen) atoms. The average Bonchev–Trinajstić information content (AvgIpc) is 3.70. The number of tetrazole rings is 1. The first-order chi connectivity index (χ1) is 20.8. The van der Waals surface area contributed by atoms with E-state index in [2.05, 4.69) is 26.2 Å². The molecule has 1 aliphatic rings. The van der Waals surface area contributed by atoms with E-state index in [1.54, 1.807) is 41.3 Å². The van der Waals surface area contributed by atoms with Gasteiger partial charge in [-0.25, -0.2) is 4.79 Å². The number of likely N-dealkylation sites (tertiary alicyclic amines) is 1. The second-order valence-electron chi connectivity index (χ2n) is 9.78. The highest BCUT2D eigenvalue weighted by Crippen LogP contribution is 2.20. The van der Waals surface area contributed by atoms with Gasteiger partial charge in [-0.15, -0.1) is 5.10 Å². The number of carboxylic acids is 1. The minimum atomic E-state index is -1.03. The zero-order valence-corrected chi connectivity index (χ0v) is 24.4. The Kier molecular flexibility index (Phi) is 11.6. The summed E-state index contributed by atoms with van der Waals surface area (Å²) in [5.41, 5.74) is 2.06. The highest BCUT2D eigenvalue weighted by atomic mass is 35.5. The third kappa shape index (κ3) is 9.60. The second-order valence-corrected chi connectivity index (χ2v) is 10.2. The van der Waals surface area contributed by atoms with Crippen LogP contribution in [0.5, 0.6) is 0 Å². The molecular formula is C29H34ClN7O6. The molecule has 0 spiro atoms. The second kappa shape index (κ2) is 15.8. The fraction of sp³-hybridized carbons (Fsp3) is 0.379. The molecule has 2 heterocycles. The first kappa shape index (κ1) is 31.6. The fourth-order valence-corrected chi connectivity index (χ4v) is 4.73. The molecule has 1 fully saturated rings. The van der Waals surface area contributed by atoms with Crippen LogP contribution >= 0.6 is 11.6 Å². The number of nitrogens with zero attached hydrogens (tertiary/aromatic N) is 5. The molecule has 1 aromatic heterocycles. The van der Waals surface area contributed by atoms with Crippen LogP contribution in [-0.4, -0.2) is 99.6 Å². The third-order valence-electron chi connectivity index (χ3n) is 6.73. The standard InChI is InChI=1S/C29H34ClN7O6/c1-2-42-13-14-43-25-11-12-36(18-25)28(39)16-24(17-31-23-7-3-20(4-8-23)29(40)41)33-27(38)10-5-21-15-22(30)6-9-26(21)37-19-32-34-35-37/h3-10,15,19,24-25,31H,2,11-14,16-18H2,1H3,(H,33,38)(H,40,41)/b10-5+/t24-,25?/m1/s1. The number of carbonyl (C=O) groups excluding carboxylic acids is 2. The van der Waals surface area contributed by atoms with Gasteiger partial charge in [-0.1, -0.05) is 11.6 Å². The van der Waals surface area contributed by atoms with E-state index in [1.165, 1.54) is 29.2 Å². The van der Waals surface area contributed by atoms with Crippen molar-refractivity contribution in [2.75, 3.05) is 44.8 Å². The van der Waals surface area contributed by atoms with Crippen molar-refractivity contribution in [3.8, 4) is 5.69 Å². The van der Waals surface area contributed by atoms with Gasteiger partial charge < -0.3 is 30.1 Å². The van der Waals surface area contributed by atoms with E-state index < -0.39 is 17.9 Å². The highest BCUT2D eigenvalue weighted by molar-refractivity contribution is 6.30. The van der Waals surface area contributed by atoms with Crippen LogP contribution in [0.15, 0.2) is 54.9 Å². The van der Waals surface area contributed by atoms with E-state index in [9.17, 15) is 14.4 Å². The maximum absolute atomic E-state index is 13.2. The van der Waals surface area contributed by atoms with Crippen LogP contribution in [-0.2, 0) is 19.1 Å². The zero-order valence-electron chi connectivity index (χ0n) is 23.7. The SMILES string of the molecule is CCOCCOC1CCN(C(=O)C[C@H](CNc2ccc(C(=O)O)cc2)NC(=O)/C=C/c2cc(Cl)ccc2-n2cnnn2)C1. The number of halogens is 1. The highest BCUT2D eigenvalue weighted by Gasteiger charge is 2.28. The first-order valence-corrected chi connectivity index (χ1v) is 14.3. The maximum atomic E-state index is 13.2. The number of ether oxygens (including phenoxy) is 2. The van der Waals surface area contributed by atoms with Crippen LogP contribution in [0.3, 0.4) is 0 Å². The van der Waals surface area contributed by atoms with E-state index in [0.717, 1.165) is 6.42 Å². The number of aromatic carboxylic acids is 1. The van der Waals surface area contributed by atoms with Crippen LogP contribution in [0.1, 0.15) is 35.7 Å². The molecule has 0 radical (unpaired) electrons. The van der Waals surface area contributed by atoms with Crippen LogP contribution < -0.4 is 10.6 Å². The number of rotatable bonds is 15. The smallest absolute Gasteiger partial charge is 0.335 e. The number of carbonyl (C=O) groups is 3. The van der Waals surface area contributed by atoms with Crippen molar-refractivity contribution in [2.24, 2.45) is 0 Å². The van der Waals surface area contributed by atoms with Crippen molar-refractivity contribution < 1.29 is 29.0 Å². The van der Waals surface area contributed by atoms with Crippen molar-refractivity contribution in [1.82, 2.24) is 30.4 Å². The number of aromatic nitrogens is 4. The minimum Gasteiger partial charge on any atom is -0.478 e.